The topological polar surface area (TPSA) is 84.4 Å². The Morgan fingerprint density at radius 2 is 2.20 bits per heavy atom. The average Bonchev–Trinajstić information content (AvgIpc) is 2.95. The number of amides is 2. The Morgan fingerprint density at radius 3 is 2.92 bits per heavy atom. The van der Waals surface area contributed by atoms with Crippen LogP contribution in [0.2, 0.25) is 5.02 Å². The van der Waals surface area contributed by atoms with Crippen LogP contribution in [0.1, 0.15) is 9.67 Å². The second-order valence-corrected chi connectivity index (χ2v) is 6.44. The fraction of sp³-hybridized carbons (Fsp3) is 0.0667. The number of methoxy groups -OCH3 is 1. The molecular weight excluding hydrogens is 371 g/mol. The summed E-state index contributed by atoms with van der Waals surface area (Å²) in [5.41, 5.74) is 0.555. The molecule has 2 amide bonds. The fourth-order valence-electron chi connectivity index (χ4n) is 2.59. The molecule has 0 saturated heterocycles. The highest BCUT2D eigenvalue weighted by Gasteiger charge is 2.34. The molecule has 0 spiro atoms. The molecule has 1 aromatic carbocycles. The number of aromatic nitrogens is 2. The zero-order valence-electron chi connectivity index (χ0n) is 12.5. The van der Waals surface area contributed by atoms with Crippen LogP contribution < -0.4 is 10.2 Å². The Kier molecular flexibility index (Phi) is 3.55. The van der Waals surface area contributed by atoms with Crippen LogP contribution in [0.15, 0.2) is 24.5 Å². The Labute approximate surface area is 149 Å². The lowest BCUT2D eigenvalue weighted by Crippen LogP contribution is -2.35. The number of esters is 1. The maximum Gasteiger partial charge on any atom is 0.350 e. The van der Waals surface area contributed by atoms with Crippen LogP contribution in [0.25, 0.3) is 10.2 Å². The first-order valence-electron chi connectivity index (χ1n) is 6.93. The first kappa shape index (κ1) is 15.7. The highest BCUT2D eigenvalue weighted by molar-refractivity contribution is 7.21. The summed E-state index contributed by atoms with van der Waals surface area (Å²) in [7, 11) is 1.25. The zero-order valence-corrected chi connectivity index (χ0v) is 14.1. The second-order valence-electron chi connectivity index (χ2n) is 5.04. The third kappa shape index (κ3) is 2.31. The van der Waals surface area contributed by atoms with Crippen LogP contribution in [0.5, 0.6) is 0 Å². The zero-order chi connectivity index (χ0) is 17.7. The molecule has 4 rings (SSSR count). The van der Waals surface area contributed by atoms with Crippen LogP contribution in [0.4, 0.5) is 26.4 Å². The van der Waals surface area contributed by atoms with Crippen molar-refractivity contribution in [3.63, 3.8) is 0 Å². The van der Waals surface area contributed by atoms with E-state index >= 15 is 0 Å². The molecule has 0 bridgehead atoms. The molecule has 3 heterocycles. The molecule has 7 nitrogen and oxygen atoms in total. The van der Waals surface area contributed by atoms with Gasteiger partial charge in [-0.05, 0) is 18.2 Å². The normalized spacial score (nSPS) is 13.1. The molecule has 3 aromatic rings. The highest BCUT2D eigenvalue weighted by Crippen LogP contribution is 2.45. The van der Waals surface area contributed by atoms with E-state index in [0.29, 0.717) is 15.9 Å². The third-order valence-electron chi connectivity index (χ3n) is 3.64. The fourth-order valence-corrected chi connectivity index (χ4v) is 3.85. The van der Waals surface area contributed by atoms with Gasteiger partial charge in [-0.25, -0.2) is 28.8 Å². The lowest BCUT2D eigenvalue weighted by molar-refractivity contribution is 0.0607. The number of anilines is 3. The van der Waals surface area contributed by atoms with Gasteiger partial charge in [-0.1, -0.05) is 11.6 Å². The number of hydrogen-bond donors (Lipinski definition) is 1. The van der Waals surface area contributed by atoms with Crippen molar-refractivity contribution in [2.45, 2.75) is 0 Å². The molecule has 2 aromatic heterocycles. The molecule has 0 atom stereocenters. The van der Waals surface area contributed by atoms with E-state index in [9.17, 15) is 14.0 Å². The van der Waals surface area contributed by atoms with Crippen molar-refractivity contribution in [1.82, 2.24) is 9.97 Å². The van der Waals surface area contributed by atoms with E-state index in [-0.39, 0.29) is 21.4 Å². The van der Waals surface area contributed by atoms with Gasteiger partial charge in [0.25, 0.3) is 0 Å². The van der Waals surface area contributed by atoms with Gasteiger partial charge < -0.3 is 10.1 Å². The van der Waals surface area contributed by atoms with Gasteiger partial charge in [0.2, 0.25) is 0 Å². The first-order valence-corrected chi connectivity index (χ1v) is 8.12. The van der Waals surface area contributed by atoms with Gasteiger partial charge in [0.15, 0.2) is 5.82 Å². The minimum Gasteiger partial charge on any atom is -0.465 e. The van der Waals surface area contributed by atoms with Gasteiger partial charge in [0.1, 0.15) is 21.9 Å². The summed E-state index contributed by atoms with van der Waals surface area (Å²) in [6.07, 6.45) is 1.28. The Balaban J connectivity index is 1.99. The molecule has 1 N–H and O–H groups in total. The Bertz CT molecular complexity index is 1050. The summed E-state index contributed by atoms with van der Waals surface area (Å²) in [5.74, 6) is -0.857. The molecule has 0 aliphatic carbocycles. The molecule has 0 saturated carbocycles. The van der Waals surface area contributed by atoms with Crippen molar-refractivity contribution < 1.29 is 18.7 Å². The summed E-state index contributed by atoms with van der Waals surface area (Å²) in [4.78, 5) is 34.9. The summed E-state index contributed by atoms with van der Waals surface area (Å²) < 4.78 is 18.1. The maximum absolute atomic E-state index is 13.3. The molecule has 1 aliphatic rings. The van der Waals surface area contributed by atoms with Crippen molar-refractivity contribution in [3.8, 4) is 0 Å². The number of benzene rings is 1. The van der Waals surface area contributed by atoms with E-state index < -0.39 is 17.8 Å². The number of ether oxygens (including phenoxy) is 1. The van der Waals surface area contributed by atoms with Crippen LogP contribution in [-0.2, 0) is 4.74 Å². The van der Waals surface area contributed by atoms with Gasteiger partial charge in [-0.15, -0.1) is 11.3 Å². The monoisotopic (exact) mass is 378 g/mol. The van der Waals surface area contributed by atoms with Crippen LogP contribution in [0, 0.1) is 5.82 Å². The van der Waals surface area contributed by atoms with Gasteiger partial charge in [-0.2, -0.15) is 0 Å². The number of halogens is 2. The molecule has 0 unspecified atom stereocenters. The largest absolute Gasteiger partial charge is 0.465 e. The lowest BCUT2D eigenvalue weighted by atomic mass is 10.2. The number of thiophene rings is 1. The smallest absolute Gasteiger partial charge is 0.350 e. The summed E-state index contributed by atoms with van der Waals surface area (Å²) in [5, 5.41) is 3.19. The molecule has 1 aliphatic heterocycles. The van der Waals surface area contributed by atoms with Gasteiger partial charge >= 0.3 is 12.0 Å². The molecule has 0 radical (unpaired) electrons. The van der Waals surface area contributed by atoms with E-state index in [0.717, 1.165) is 17.4 Å². The number of carbonyl (C=O) groups excluding carboxylic acids is 2. The molecule has 126 valence electrons. The van der Waals surface area contributed by atoms with E-state index in [1.807, 2.05) is 0 Å². The average molecular weight is 379 g/mol. The Hall–Kier alpha value is -2.78. The number of hydrogen-bond acceptors (Lipinski definition) is 6. The van der Waals surface area contributed by atoms with Crippen molar-refractivity contribution in [2.24, 2.45) is 0 Å². The van der Waals surface area contributed by atoms with E-state index in [4.69, 9.17) is 16.3 Å². The van der Waals surface area contributed by atoms with Gasteiger partial charge in [-0.3, -0.25) is 0 Å². The van der Waals surface area contributed by atoms with E-state index in [1.165, 1.54) is 30.5 Å². The quantitative estimate of drug-likeness (QED) is 0.682. The minimum atomic E-state index is -0.586. The van der Waals surface area contributed by atoms with Crippen molar-refractivity contribution in [1.29, 1.82) is 0 Å². The minimum absolute atomic E-state index is 0.0498. The Morgan fingerprint density at radius 1 is 1.40 bits per heavy atom. The standard InChI is InChI=1S/C15H8ClFN4O3S/c1-24-14(22)11-10-9-12(18-5-19-13(9)25-11)21(15(23)20-10)8-3-2-6(17)4-7(8)16/h2-5H,1H3,(H,20,23). The van der Waals surface area contributed by atoms with E-state index in [2.05, 4.69) is 15.3 Å². The lowest BCUT2D eigenvalue weighted by Gasteiger charge is -2.27. The predicted octanol–water partition coefficient (Wildman–Crippen LogP) is 3.95. The predicted molar refractivity (Wildman–Crippen MR) is 91.3 cm³/mol. The SMILES string of the molecule is COC(=O)c1sc2ncnc3c2c1NC(=O)N3c1ccc(F)cc1Cl. The number of rotatable bonds is 2. The van der Waals surface area contributed by atoms with Crippen molar-refractivity contribution in [3.05, 3.63) is 40.2 Å². The molecule has 10 heteroatoms. The van der Waals surface area contributed by atoms with Crippen molar-refractivity contribution >= 4 is 62.3 Å². The van der Waals surface area contributed by atoms with Crippen LogP contribution in [-0.4, -0.2) is 29.1 Å². The van der Waals surface area contributed by atoms with Crippen LogP contribution in [0.3, 0.4) is 0 Å². The van der Waals surface area contributed by atoms with Crippen LogP contribution >= 0.6 is 22.9 Å². The highest BCUT2D eigenvalue weighted by atomic mass is 35.5. The molecular formula is C15H8ClFN4O3S. The number of nitrogens with one attached hydrogen (secondary N) is 1. The summed E-state index contributed by atoms with van der Waals surface area (Å²) in [6, 6.07) is 3.09. The van der Waals surface area contributed by atoms with E-state index in [1.54, 1.807) is 0 Å². The number of nitrogens with zero attached hydrogens (tertiary/aromatic N) is 3. The number of carbonyl (C=O) groups is 2. The third-order valence-corrected chi connectivity index (χ3v) is 5.02. The summed E-state index contributed by atoms with van der Waals surface area (Å²) in [6.45, 7) is 0. The summed E-state index contributed by atoms with van der Waals surface area (Å²) >= 11 is 7.17. The molecule has 25 heavy (non-hydrogen) atoms. The maximum atomic E-state index is 13.3. The van der Waals surface area contributed by atoms with Gasteiger partial charge in [0, 0.05) is 0 Å². The first-order chi connectivity index (χ1) is 12.0. The number of urea groups is 1. The second kappa shape index (κ2) is 5.64. The van der Waals surface area contributed by atoms with Gasteiger partial charge in [0.05, 0.1) is 28.9 Å². The van der Waals surface area contributed by atoms with Crippen molar-refractivity contribution in [2.75, 3.05) is 17.3 Å². The molecule has 0 fully saturated rings.